The first-order valence-corrected chi connectivity index (χ1v) is 12.4. The summed E-state index contributed by atoms with van der Waals surface area (Å²) >= 11 is 0.149. The van der Waals surface area contributed by atoms with Gasteiger partial charge in [-0.25, -0.2) is 0 Å². The van der Waals surface area contributed by atoms with Crippen molar-refractivity contribution < 1.29 is 19.2 Å². The van der Waals surface area contributed by atoms with Crippen LogP contribution in [0.5, 0.6) is 0 Å². The minimum absolute atomic E-state index is 0.0625. The summed E-state index contributed by atoms with van der Waals surface area (Å²) in [6.45, 7) is 10.2. The molecule has 0 saturated heterocycles. The van der Waals surface area contributed by atoms with E-state index in [1.54, 1.807) is 8.87 Å². The second kappa shape index (κ2) is 21.5. The van der Waals surface area contributed by atoms with Crippen molar-refractivity contribution in [3.8, 4) is 0 Å². The van der Waals surface area contributed by atoms with Gasteiger partial charge in [0.1, 0.15) is 23.1 Å². The average Bonchev–Trinajstić information content (AvgIpc) is 2.36. The van der Waals surface area contributed by atoms with Crippen molar-refractivity contribution in [1.29, 1.82) is 0 Å². The molecule has 0 N–H and O–H groups in total. The molecule has 0 unspecified atom stereocenters. The van der Waals surface area contributed by atoms with Crippen LogP contribution >= 0.6 is 0 Å². The molecule has 132 valence electrons. The van der Waals surface area contributed by atoms with E-state index in [-0.39, 0.29) is 57.1 Å². The molecule has 0 aliphatic heterocycles. The van der Waals surface area contributed by atoms with Crippen LogP contribution in [0.15, 0.2) is 0 Å². The van der Waals surface area contributed by atoms with Crippen molar-refractivity contribution >= 4 is 44.3 Å². The summed E-state index contributed by atoms with van der Waals surface area (Å²) in [6, 6.07) is 0. The molecular weight excluding hydrogens is 399 g/mol. The second-order valence-electron chi connectivity index (χ2n) is 5.62. The molecular formula is C18H34O4Sn+2. The molecule has 0 aliphatic carbocycles. The first kappa shape index (κ1) is 27.3. The van der Waals surface area contributed by atoms with Crippen LogP contribution in [0.4, 0.5) is 0 Å². The van der Waals surface area contributed by atoms with Crippen LogP contribution in [0.3, 0.4) is 0 Å². The SMILES string of the molecule is CC(=O)CC(C)=O.CC(=O)CC(C)=O.CCC[CH2][Sn+2][CH2]CCC. The van der Waals surface area contributed by atoms with Crippen LogP contribution in [0, 0.1) is 0 Å². The summed E-state index contributed by atoms with van der Waals surface area (Å²) < 4.78 is 3.25. The molecule has 5 heteroatoms. The Kier molecular flexibility index (Phi) is 25.5. The van der Waals surface area contributed by atoms with Crippen molar-refractivity contribution in [2.24, 2.45) is 0 Å². The third kappa shape index (κ3) is 44.9. The van der Waals surface area contributed by atoms with E-state index >= 15 is 0 Å². The van der Waals surface area contributed by atoms with Gasteiger partial charge in [0, 0.05) is 0 Å². The number of Topliss-reactive ketones (excluding diaryl/α,β-unsaturated/α-hetero) is 4. The van der Waals surface area contributed by atoms with Crippen molar-refractivity contribution in [2.75, 3.05) is 0 Å². The molecule has 0 spiro atoms. The summed E-state index contributed by atoms with van der Waals surface area (Å²) in [5, 5.41) is 0. The zero-order valence-corrected chi connectivity index (χ0v) is 18.6. The Hall–Kier alpha value is -0.521. The van der Waals surface area contributed by atoms with Crippen molar-refractivity contribution in [1.82, 2.24) is 0 Å². The van der Waals surface area contributed by atoms with Gasteiger partial charge in [0.25, 0.3) is 0 Å². The molecule has 0 aromatic heterocycles. The zero-order valence-electron chi connectivity index (χ0n) is 15.8. The van der Waals surface area contributed by atoms with Gasteiger partial charge in [0.2, 0.25) is 0 Å². The van der Waals surface area contributed by atoms with Crippen molar-refractivity contribution in [2.45, 2.75) is 88.9 Å². The molecule has 4 nitrogen and oxygen atoms in total. The average molecular weight is 433 g/mol. The van der Waals surface area contributed by atoms with Crippen LogP contribution in [0.2, 0.25) is 8.87 Å². The van der Waals surface area contributed by atoms with Crippen LogP contribution < -0.4 is 0 Å². The maximum absolute atomic E-state index is 10.0. The van der Waals surface area contributed by atoms with Crippen LogP contribution in [0.1, 0.15) is 80.1 Å². The number of carbonyl (C=O) groups excluding carboxylic acids is 4. The second-order valence-corrected chi connectivity index (χ2v) is 9.90. The normalized spacial score (nSPS) is 8.61. The molecule has 0 aliphatic rings. The fraction of sp³-hybridized carbons (Fsp3) is 0.778. The van der Waals surface area contributed by atoms with Gasteiger partial charge in [0.05, 0.1) is 12.8 Å². The van der Waals surface area contributed by atoms with E-state index < -0.39 is 0 Å². The van der Waals surface area contributed by atoms with Gasteiger partial charge in [0.15, 0.2) is 0 Å². The van der Waals surface area contributed by atoms with E-state index in [1.165, 1.54) is 53.4 Å². The van der Waals surface area contributed by atoms with Crippen molar-refractivity contribution in [3.63, 3.8) is 0 Å². The number of carbonyl (C=O) groups is 4. The molecule has 0 rings (SSSR count). The predicted octanol–water partition coefficient (Wildman–Crippen LogP) is 4.24. The van der Waals surface area contributed by atoms with Gasteiger partial charge >= 0.3 is 69.5 Å². The Bertz CT molecular complexity index is 282. The Labute approximate surface area is 152 Å². The van der Waals surface area contributed by atoms with E-state index in [0.717, 1.165) is 0 Å². The fourth-order valence-corrected chi connectivity index (χ4v) is 5.59. The monoisotopic (exact) mass is 434 g/mol. The fourth-order valence-electron chi connectivity index (χ4n) is 1.43. The summed E-state index contributed by atoms with van der Waals surface area (Å²) in [5.41, 5.74) is 0. The summed E-state index contributed by atoms with van der Waals surface area (Å²) in [6.07, 6.45) is 6.01. The Morgan fingerprint density at radius 1 is 0.609 bits per heavy atom. The molecule has 0 saturated carbocycles. The Morgan fingerprint density at radius 3 is 1.00 bits per heavy atom. The molecule has 0 amide bonds. The molecule has 0 bridgehead atoms. The van der Waals surface area contributed by atoms with Gasteiger partial charge in [-0.1, -0.05) is 0 Å². The van der Waals surface area contributed by atoms with E-state index in [4.69, 9.17) is 0 Å². The topological polar surface area (TPSA) is 68.3 Å². The first-order valence-electron chi connectivity index (χ1n) is 8.35. The Morgan fingerprint density at radius 2 is 0.870 bits per heavy atom. The summed E-state index contributed by atoms with van der Waals surface area (Å²) in [5.74, 6) is -0.250. The van der Waals surface area contributed by atoms with Crippen LogP contribution in [-0.4, -0.2) is 44.3 Å². The van der Waals surface area contributed by atoms with E-state index in [1.807, 2.05) is 0 Å². The molecule has 0 aromatic carbocycles. The molecule has 0 fully saturated rings. The van der Waals surface area contributed by atoms with Crippen LogP contribution in [-0.2, 0) is 19.2 Å². The number of rotatable bonds is 10. The van der Waals surface area contributed by atoms with Gasteiger partial charge < -0.3 is 0 Å². The summed E-state index contributed by atoms with van der Waals surface area (Å²) in [7, 11) is 0. The number of hydrogen-bond acceptors (Lipinski definition) is 4. The molecule has 23 heavy (non-hydrogen) atoms. The molecule has 0 aromatic rings. The van der Waals surface area contributed by atoms with Crippen LogP contribution in [0.25, 0.3) is 0 Å². The van der Waals surface area contributed by atoms with Gasteiger partial charge in [-0.15, -0.1) is 0 Å². The van der Waals surface area contributed by atoms with Crippen molar-refractivity contribution in [3.05, 3.63) is 0 Å². The summed E-state index contributed by atoms with van der Waals surface area (Å²) in [4.78, 5) is 40.1. The van der Waals surface area contributed by atoms with Gasteiger partial charge in [-0.3, -0.25) is 19.2 Å². The van der Waals surface area contributed by atoms with E-state index in [0.29, 0.717) is 0 Å². The minimum atomic E-state index is -0.0625. The first-order chi connectivity index (χ1) is 10.7. The molecule has 0 atom stereocenters. The maximum atomic E-state index is 10.0. The van der Waals surface area contributed by atoms with Gasteiger partial charge in [-0.05, 0) is 27.7 Å². The Balaban J connectivity index is -0.000000264. The number of hydrogen-bond donors (Lipinski definition) is 0. The number of unbranched alkanes of at least 4 members (excludes halogenated alkanes) is 2. The number of ketones is 4. The molecule has 0 heterocycles. The van der Waals surface area contributed by atoms with E-state index in [2.05, 4.69) is 13.8 Å². The predicted molar refractivity (Wildman–Crippen MR) is 97.1 cm³/mol. The quantitative estimate of drug-likeness (QED) is 0.294. The van der Waals surface area contributed by atoms with E-state index in [9.17, 15) is 19.2 Å². The van der Waals surface area contributed by atoms with Gasteiger partial charge in [-0.2, -0.15) is 0 Å². The third-order valence-electron chi connectivity index (χ3n) is 2.41. The third-order valence-corrected chi connectivity index (χ3v) is 6.45. The standard InChI is InChI=1S/2C5H8O2.2C4H9.Sn/c2*1-4(6)3-5(2)7;2*1-3-4-2;/h2*3H2,1-2H3;2*1,3-4H2,2H3;/q;;;;+2. The zero-order chi connectivity index (χ0) is 18.7. The molecule has 0 radical (unpaired) electrons.